The van der Waals surface area contributed by atoms with Gasteiger partial charge in [-0.1, -0.05) is 0 Å². The molecule has 2 heterocycles. The predicted molar refractivity (Wildman–Crippen MR) is 95.6 cm³/mol. The summed E-state index contributed by atoms with van der Waals surface area (Å²) in [5, 5.41) is 1.85. The number of carbonyl (C=O) groups is 1. The van der Waals surface area contributed by atoms with E-state index in [1.807, 2.05) is 12.3 Å². The van der Waals surface area contributed by atoms with E-state index >= 15 is 0 Å². The number of esters is 1. The van der Waals surface area contributed by atoms with E-state index in [2.05, 4.69) is 4.98 Å². The van der Waals surface area contributed by atoms with Crippen molar-refractivity contribution in [2.24, 2.45) is 0 Å². The molecule has 130 valence electrons. The third-order valence-corrected chi connectivity index (χ3v) is 5.36. The van der Waals surface area contributed by atoms with Gasteiger partial charge in [-0.3, -0.25) is 14.0 Å². The molecule has 0 radical (unpaired) electrons. The Balaban J connectivity index is 1.50. The molecule has 0 N–H and O–H groups in total. The van der Waals surface area contributed by atoms with E-state index in [4.69, 9.17) is 4.74 Å². The first-order valence-electron chi connectivity index (χ1n) is 7.54. The van der Waals surface area contributed by atoms with Crippen LogP contribution >= 0.6 is 23.1 Å². The van der Waals surface area contributed by atoms with Gasteiger partial charge < -0.3 is 4.74 Å². The Hall–Kier alpha value is -2.19. The molecular weight excluding hydrogens is 363 g/mol. The number of ether oxygens (including phenoxy) is 1. The average molecular weight is 378 g/mol. The quantitative estimate of drug-likeness (QED) is 0.486. The predicted octanol–water partition coefficient (Wildman–Crippen LogP) is 3.43. The molecule has 1 aromatic carbocycles. The number of thiazole rings is 1. The maximum atomic E-state index is 12.8. The second-order valence-electron chi connectivity index (χ2n) is 5.29. The summed E-state index contributed by atoms with van der Waals surface area (Å²) < 4.78 is 19.5. The van der Waals surface area contributed by atoms with Crippen molar-refractivity contribution in [2.45, 2.75) is 24.8 Å². The highest BCUT2D eigenvalue weighted by molar-refractivity contribution is 7.99. The SMILES string of the molecule is Cc1csc2nc(COC(=O)CCSc3ccc(F)cc3)cc(=O)n12. The number of thioether (sulfide) groups is 1. The number of benzene rings is 1. The van der Waals surface area contributed by atoms with E-state index in [0.717, 1.165) is 10.6 Å². The highest BCUT2D eigenvalue weighted by Gasteiger charge is 2.09. The summed E-state index contributed by atoms with van der Waals surface area (Å²) in [6, 6.07) is 7.48. The van der Waals surface area contributed by atoms with Crippen LogP contribution in [0.5, 0.6) is 0 Å². The van der Waals surface area contributed by atoms with Crippen LogP contribution in [0.3, 0.4) is 0 Å². The Morgan fingerprint density at radius 3 is 2.88 bits per heavy atom. The first kappa shape index (κ1) is 17.6. The Morgan fingerprint density at radius 1 is 1.36 bits per heavy atom. The van der Waals surface area contributed by atoms with Crippen molar-refractivity contribution < 1.29 is 13.9 Å². The van der Waals surface area contributed by atoms with Crippen LogP contribution in [0.25, 0.3) is 4.96 Å². The summed E-state index contributed by atoms with van der Waals surface area (Å²) in [6.45, 7) is 1.81. The lowest BCUT2D eigenvalue weighted by Crippen LogP contribution is -2.16. The standard InChI is InChI=1S/C17H15FN2O3S2/c1-11-10-25-17-19-13(8-15(21)20(11)17)9-23-16(22)6-7-24-14-4-2-12(18)3-5-14/h2-5,8,10H,6-7,9H2,1H3. The van der Waals surface area contributed by atoms with Crippen LogP contribution in [0.4, 0.5) is 4.39 Å². The molecule has 0 aliphatic carbocycles. The zero-order chi connectivity index (χ0) is 17.8. The lowest BCUT2D eigenvalue weighted by Gasteiger charge is -2.05. The van der Waals surface area contributed by atoms with Gasteiger partial charge >= 0.3 is 5.97 Å². The van der Waals surface area contributed by atoms with Crippen molar-refractivity contribution in [2.75, 3.05) is 5.75 Å². The largest absolute Gasteiger partial charge is 0.459 e. The first-order valence-corrected chi connectivity index (χ1v) is 9.40. The molecule has 3 aromatic rings. The Morgan fingerprint density at radius 2 is 2.12 bits per heavy atom. The Kier molecular flexibility index (Phi) is 5.50. The Labute approximate surface area is 151 Å². The van der Waals surface area contributed by atoms with Crippen LogP contribution < -0.4 is 5.56 Å². The minimum atomic E-state index is -0.362. The zero-order valence-corrected chi connectivity index (χ0v) is 15.0. The van der Waals surface area contributed by atoms with E-state index in [1.54, 1.807) is 12.1 Å². The van der Waals surface area contributed by atoms with E-state index < -0.39 is 0 Å². The molecule has 0 aliphatic heterocycles. The highest BCUT2D eigenvalue weighted by atomic mass is 32.2. The van der Waals surface area contributed by atoms with Gasteiger partial charge in [0, 0.05) is 27.8 Å². The van der Waals surface area contributed by atoms with Gasteiger partial charge in [-0.25, -0.2) is 9.37 Å². The van der Waals surface area contributed by atoms with E-state index in [1.165, 1.54) is 45.7 Å². The van der Waals surface area contributed by atoms with Crippen molar-refractivity contribution in [3.63, 3.8) is 0 Å². The van der Waals surface area contributed by atoms with Crippen LogP contribution in [0.1, 0.15) is 17.8 Å². The number of hydrogen-bond acceptors (Lipinski definition) is 6. The number of halogens is 1. The fourth-order valence-corrected chi connectivity index (χ4v) is 3.91. The molecule has 0 fully saturated rings. The highest BCUT2D eigenvalue weighted by Crippen LogP contribution is 2.19. The number of aryl methyl sites for hydroxylation is 1. The Bertz CT molecular complexity index is 951. The van der Waals surface area contributed by atoms with Gasteiger partial charge in [0.1, 0.15) is 12.4 Å². The molecule has 0 amide bonds. The molecule has 0 unspecified atom stereocenters. The van der Waals surface area contributed by atoms with Gasteiger partial charge in [0.2, 0.25) is 0 Å². The van der Waals surface area contributed by atoms with E-state index in [-0.39, 0.29) is 30.4 Å². The molecule has 0 saturated heterocycles. The van der Waals surface area contributed by atoms with Crippen LogP contribution in [0, 0.1) is 12.7 Å². The van der Waals surface area contributed by atoms with Gasteiger partial charge in [-0.15, -0.1) is 23.1 Å². The lowest BCUT2D eigenvalue weighted by atomic mass is 10.4. The van der Waals surface area contributed by atoms with E-state index in [9.17, 15) is 14.0 Å². The summed E-state index contributed by atoms with van der Waals surface area (Å²) >= 11 is 2.82. The molecule has 25 heavy (non-hydrogen) atoms. The second-order valence-corrected chi connectivity index (χ2v) is 7.30. The minimum absolute atomic E-state index is 0.0251. The van der Waals surface area contributed by atoms with Gasteiger partial charge in [0.25, 0.3) is 5.56 Å². The fraction of sp³-hybridized carbons (Fsp3) is 0.235. The summed E-state index contributed by atoms with van der Waals surface area (Å²) in [5.74, 6) is -0.118. The van der Waals surface area contributed by atoms with E-state index in [0.29, 0.717) is 16.4 Å². The zero-order valence-electron chi connectivity index (χ0n) is 13.4. The molecule has 0 spiro atoms. The maximum absolute atomic E-state index is 12.8. The third-order valence-electron chi connectivity index (χ3n) is 3.40. The molecule has 0 aliphatic rings. The van der Waals surface area contributed by atoms with Gasteiger partial charge in [-0.05, 0) is 31.2 Å². The number of aromatic nitrogens is 2. The molecule has 2 aromatic heterocycles. The maximum Gasteiger partial charge on any atom is 0.307 e. The molecule has 8 heteroatoms. The number of nitrogens with zero attached hydrogens (tertiary/aromatic N) is 2. The average Bonchev–Trinajstić information content (AvgIpc) is 2.96. The molecule has 0 bridgehead atoms. The first-order chi connectivity index (χ1) is 12.0. The minimum Gasteiger partial charge on any atom is -0.459 e. The van der Waals surface area contributed by atoms with Crippen molar-refractivity contribution in [1.82, 2.24) is 9.38 Å². The van der Waals surface area contributed by atoms with Crippen molar-refractivity contribution in [3.05, 3.63) is 63.3 Å². The summed E-state index contributed by atoms with van der Waals surface area (Å²) in [4.78, 5) is 29.7. The van der Waals surface area contributed by atoms with Crippen LogP contribution in [0.2, 0.25) is 0 Å². The van der Waals surface area contributed by atoms with Gasteiger partial charge in [0.15, 0.2) is 4.96 Å². The topological polar surface area (TPSA) is 60.7 Å². The molecule has 0 saturated carbocycles. The van der Waals surface area contributed by atoms with Crippen molar-refractivity contribution in [1.29, 1.82) is 0 Å². The summed E-state index contributed by atoms with van der Waals surface area (Å²) in [5.41, 5.74) is 1.09. The summed E-state index contributed by atoms with van der Waals surface area (Å²) in [7, 11) is 0. The number of carbonyl (C=O) groups excluding carboxylic acids is 1. The third kappa shape index (κ3) is 4.46. The second kappa shape index (κ2) is 7.79. The van der Waals surface area contributed by atoms with Gasteiger partial charge in [0.05, 0.1) is 12.1 Å². The number of rotatable bonds is 6. The number of hydrogen-bond donors (Lipinski definition) is 0. The van der Waals surface area contributed by atoms with Crippen LogP contribution in [-0.4, -0.2) is 21.1 Å². The molecular formula is C17H15FN2O3S2. The monoisotopic (exact) mass is 378 g/mol. The van der Waals surface area contributed by atoms with Gasteiger partial charge in [-0.2, -0.15) is 0 Å². The van der Waals surface area contributed by atoms with Crippen LogP contribution in [-0.2, 0) is 16.1 Å². The normalized spacial score (nSPS) is 11.0. The molecule has 5 nitrogen and oxygen atoms in total. The smallest absolute Gasteiger partial charge is 0.307 e. The number of fused-ring (bicyclic) bond motifs is 1. The van der Waals surface area contributed by atoms with Crippen LogP contribution in [0.15, 0.2) is 45.4 Å². The lowest BCUT2D eigenvalue weighted by molar-refractivity contribution is -0.144. The molecule has 0 atom stereocenters. The molecule has 3 rings (SSSR count). The summed E-state index contributed by atoms with van der Waals surface area (Å²) in [6.07, 6.45) is 0.224. The van der Waals surface area contributed by atoms with Crippen molar-refractivity contribution >= 4 is 34.0 Å². The fourth-order valence-electron chi connectivity index (χ4n) is 2.18. The van der Waals surface area contributed by atoms with Crippen molar-refractivity contribution in [3.8, 4) is 0 Å².